The SMILES string of the molecule is CC/C=C\C/C=C\C/C=C\C/C=C\CCCCCCC(=O)OCC(COC1OC(C(=O)O)C(O)C(O)C1OC(=O)CCCCC/C=C\C/C=C\C/C=C\CC)OC(=O)CCCCCCCCC/C=C\C/C=C\C/C=C\CC. The molecule has 12 heteroatoms. The molecule has 0 aromatic rings. The van der Waals surface area contributed by atoms with Gasteiger partial charge in [-0.1, -0.05) is 194 Å². The number of esters is 3. The molecule has 6 atom stereocenters. The molecule has 3 N–H and O–H groups in total. The topological polar surface area (TPSA) is 175 Å². The van der Waals surface area contributed by atoms with Crippen molar-refractivity contribution in [3.8, 4) is 0 Å². The number of carbonyl (C=O) groups excluding carboxylic acids is 3. The minimum absolute atomic E-state index is 0.0152. The van der Waals surface area contributed by atoms with Crippen LogP contribution in [0.5, 0.6) is 0 Å². The van der Waals surface area contributed by atoms with E-state index in [1.165, 1.54) is 0 Å². The van der Waals surface area contributed by atoms with Crippen molar-refractivity contribution in [3.63, 3.8) is 0 Å². The number of hydrogen-bond acceptors (Lipinski definition) is 11. The number of ether oxygens (including phenoxy) is 5. The van der Waals surface area contributed by atoms with Gasteiger partial charge in [0.15, 0.2) is 24.6 Å². The highest BCUT2D eigenvalue weighted by atomic mass is 16.7. The van der Waals surface area contributed by atoms with Crippen molar-refractivity contribution >= 4 is 23.9 Å². The van der Waals surface area contributed by atoms with Gasteiger partial charge < -0.3 is 39.0 Å². The van der Waals surface area contributed by atoms with Crippen molar-refractivity contribution in [3.05, 3.63) is 122 Å². The number of aliphatic carboxylic acids is 1. The first-order chi connectivity index (χ1) is 37.6. The van der Waals surface area contributed by atoms with E-state index in [0.717, 1.165) is 154 Å². The summed E-state index contributed by atoms with van der Waals surface area (Å²) in [6.45, 7) is 5.60. The van der Waals surface area contributed by atoms with Gasteiger partial charge in [-0.25, -0.2) is 4.79 Å². The summed E-state index contributed by atoms with van der Waals surface area (Å²) < 4.78 is 28.4. The zero-order valence-electron chi connectivity index (χ0n) is 47.7. The molecule has 434 valence electrons. The van der Waals surface area contributed by atoms with E-state index < -0.39 is 67.3 Å². The molecule has 0 bridgehead atoms. The first-order valence-electron chi connectivity index (χ1n) is 29.5. The van der Waals surface area contributed by atoms with Gasteiger partial charge in [0.1, 0.15) is 18.8 Å². The first-order valence-corrected chi connectivity index (χ1v) is 29.5. The van der Waals surface area contributed by atoms with Crippen LogP contribution in [0.1, 0.15) is 213 Å². The van der Waals surface area contributed by atoms with Crippen LogP contribution in [-0.2, 0) is 42.9 Å². The van der Waals surface area contributed by atoms with E-state index in [1.807, 2.05) is 0 Å². The lowest BCUT2D eigenvalue weighted by molar-refractivity contribution is -0.301. The Hall–Kier alpha value is -4.88. The van der Waals surface area contributed by atoms with Crippen LogP contribution >= 0.6 is 0 Å². The fourth-order valence-electron chi connectivity index (χ4n) is 8.09. The molecule has 1 fully saturated rings. The molecule has 1 rings (SSSR count). The quantitative estimate of drug-likeness (QED) is 0.0228. The Kier molecular flexibility index (Phi) is 47.2. The second-order valence-electron chi connectivity index (χ2n) is 19.5. The van der Waals surface area contributed by atoms with Crippen LogP contribution in [0.2, 0.25) is 0 Å². The number of hydrogen-bond donors (Lipinski definition) is 3. The molecule has 1 heterocycles. The van der Waals surface area contributed by atoms with Crippen LogP contribution in [0, 0.1) is 0 Å². The predicted molar refractivity (Wildman–Crippen MR) is 312 cm³/mol. The standard InChI is InChI=1S/C65H102O12/c1-4-7-10-13-16-19-22-25-27-29-31-34-36-39-42-45-48-51-57(66)73-54-56(75-58(67)52-49-46-43-40-38-35-32-30-28-26-23-20-17-14-11-8-5-2)55-74-65-63(61(70)60(69)62(77-65)64(71)72)76-59(68)53-50-47-44-41-37-33-24-21-18-15-12-9-6-3/h7-12,16-21,25-28,31,33-34,37,56,60-63,65,69-70H,4-6,13-15,22-24,29-30,32,35-36,38-55H2,1-3H3,(H,71,72)/b10-7-,11-8-,12-9-,19-16-,20-17-,21-18-,27-25-,28-26-,34-31-,37-33-. The Balaban J connectivity index is 2.74. The van der Waals surface area contributed by atoms with E-state index in [0.29, 0.717) is 19.3 Å². The van der Waals surface area contributed by atoms with Gasteiger partial charge in [0, 0.05) is 19.3 Å². The molecule has 77 heavy (non-hydrogen) atoms. The Morgan fingerprint density at radius 2 is 0.779 bits per heavy atom. The van der Waals surface area contributed by atoms with Crippen LogP contribution < -0.4 is 0 Å². The zero-order valence-corrected chi connectivity index (χ0v) is 47.7. The maximum atomic E-state index is 13.2. The third-order valence-electron chi connectivity index (χ3n) is 12.5. The van der Waals surface area contributed by atoms with Crippen molar-refractivity contribution in [1.82, 2.24) is 0 Å². The van der Waals surface area contributed by atoms with Crippen molar-refractivity contribution in [2.75, 3.05) is 13.2 Å². The molecule has 0 saturated carbocycles. The van der Waals surface area contributed by atoms with Crippen LogP contribution in [0.25, 0.3) is 0 Å². The third kappa shape index (κ3) is 41.8. The van der Waals surface area contributed by atoms with E-state index in [1.54, 1.807) is 0 Å². The van der Waals surface area contributed by atoms with E-state index in [2.05, 4.69) is 142 Å². The number of carboxylic acids is 1. The predicted octanol–water partition coefficient (Wildman–Crippen LogP) is 15.2. The van der Waals surface area contributed by atoms with Gasteiger partial charge in [-0.2, -0.15) is 0 Å². The molecule has 1 aliphatic rings. The van der Waals surface area contributed by atoms with E-state index >= 15 is 0 Å². The fraction of sp³-hybridized carbons (Fsp3) is 0.631. The van der Waals surface area contributed by atoms with Crippen LogP contribution in [0.4, 0.5) is 0 Å². The Labute approximate surface area is 465 Å². The zero-order chi connectivity index (χ0) is 56.1. The van der Waals surface area contributed by atoms with Gasteiger partial charge in [-0.3, -0.25) is 14.4 Å². The van der Waals surface area contributed by atoms with Gasteiger partial charge in [0.25, 0.3) is 0 Å². The van der Waals surface area contributed by atoms with Crippen molar-refractivity contribution in [2.24, 2.45) is 0 Å². The molecular weight excluding hydrogens is 973 g/mol. The van der Waals surface area contributed by atoms with Crippen molar-refractivity contribution < 1.29 is 58.2 Å². The summed E-state index contributed by atoms with van der Waals surface area (Å²) in [5.41, 5.74) is 0. The Morgan fingerprint density at radius 1 is 0.429 bits per heavy atom. The monoisotopic (exact) mass is 1070 g/mol. The highest BCUT2D eigenvalue weighted by molar-refractivity contribution is 5.74. The summed E-state index contributed by atoms with van der Waals surface area (Å²) in [4.78, 5) is 51.1. The number of aliphatic hydroxyl groups is 2. The average Bonchev–Trinajstić information content (AvgIpc) is 3.42. The lowest BCUT2D eigenvalue weighted by Gasteiger charge is -2.40. The normalized spacial score (nSPS) is 18.9. The lowest BCUT2D eigenvalue weighted by Crippen LogP contribution is -2.61. The summed E-state index contributed by atoms with van der Waals surface area (Å²) in [6.07, 6.45) is 58.8. The lowest BCUT2D eigenvalue weighted by atomic mass is 9.98. The minimum atomic E-state index is -1.92. The minimum Gasteiger partial charge on any atom is -0.479 e. The highest BCUT2D eigenvalue weighted by Crippen LogP contribution is 2.26. The number of carboxylic acid groups (broad SMARTS) is 1. The van der Waals surface area contributed by atoms with Gasteiger partial charge in [0.05, 0.1) is 6.61 Å². The Bertz CT molecular complexity index is 1800. The Morgan fingerprint density at radius 3 is 1.19 bits per heavy atom. The summed E-state index contributed by atoms with van der Waals surface area (Å²) in [6, 6.07) is 0. The van der Waals surface area contributed by atoms with Crippen LogP contribution in [0.15, 0.2) is 122 Å². The molecule has 1 saturated heterocycles. The molecule has 1 aliphatic heterocycles. The number of aliphatic hydroxyl groups excluding tert-OH is 2. The van der Waals surface area contributed by atoms with Crippen molar-refractivity contribution in [1.29, 1.82) is 0 Å². The summed E-state index contributed by atoms with van der Waals surface area (Å²) >= 11 is 0. The third-order valence-corrected chi connectivity index (χ3v) is 12.5. The van der Waals surface area contributed by atoms with Gasteiger partial charge in [-0.05, 0) is 122 Å². The highest BCUT2D eigenvalue weighted by Gasteiger charge is 2.50. The number of rotatable bonds is 48. The molecule has 0 radical (unpaired) electrons. The van der Waals surface area contributed by atoms with Gasteiger partial charge in [-0.15, -0.1) is 0 Å². The number of carbonyl (C=O) groups is 4. The van der Waals surface area contributed by atoms with Crippen molar-refractivity contribution in [2.45, 2.75) is 250 Å². The van der Waals surface area contributed by atoms with Crippen LogP contribution in [0.3, 0.4) is 0 Å². The second kappa shape index (κ2) is 51.9. The van der Waals surface area contributed by atoms with Crippen LogP contribution in [-0.4, -0.2) is 89.2 Å². The largest absolute Gasteiger partial charge is 0.479 e. The molecule has 6 unspecified atom stereocenters. The fourth-order valence-corrected chi connectivity index (χ4v) is 8.09. The molecule has 0 aromatic carbocycles. The maximum absolute atomic E-state index is 13.2. The van der Waals surface area contributed by atoms with E-state index in [9.17, 15) is 34.5 Å². The van der Waals surface area contributed by atoms with Gasteiger partial charge in [0.2, 0.25) is 0 Å². The average molecular weight is 1080 g/mol. The molecule has 0 amide bonds. The van der Waals surface area contributed by atoms with E-state index in [4.69, 9.17) is 23.7 Å². The number of unbranched alkanes of at least 4 members (excludes halogenated alkanes) is 14. The summed E-state index contributed by atoms with van der Waals surface area (Å²) in [5.74, 6) is -3.22. The first kappa shape index (κ1) is 70.1. The van der Waals surface area contributed by atoms with Gasteiger partial charge >= 0.3 is 23.9 Å². The smallest absolute Gasteiger partial charge is 0.335 e. The molecule has 0 aliphatic carbocycles. The summed E-state index contributed by atoms with van der Waals surface area (Å²) in [5, 5.41) is 31.5. The molecule has 0 spiro atoms. The summed E-state index contributed by atoms with van der Waals surface area (Å²) in [7, 11) is 0. The second-order valence-corrected chi connectivity index (χ2v) is 19.5. The molecule has 0 aromatic heterocycles. The molecule has 12 nitrogen and oxygen atoms in total. The van der Waals surface area contributed by atoms with E-state index in [-0.39, 0.29) is 25.9 Å². The molecular formula is C65H102O12. The number of allylic oxidation sites excluding steroid dienone is 20. The maximum Gasteiger partial charge on any atom is 0.335 e.